The Bertz CT molecular complexity index is 150. The molecule has 0 saturated heterocycles. The average Bonchev–Trinajstić information content (AvgIpc) is 2.72. The zero-order valence-corrected chi connectivity index (χ0v) is 7.14. The molecule has 1 aliphatic carbocycles. The van der Waals surface area contributed by atoms with Crippen molar-refractivity contribution in [2.75, 3.05) is 21.1 Å². The number of likely N-dealkylation sites (N-methyl/N-ethyl adjacent to an activating group) is 3. The van der Waals surface area contributed by atoms with Gasteiger partial charge in [0.05, 0.1) is 12.1 Å². The normalized spacial score (nSPS) is 42.1. The number of hydrogen-bond acceptors (Lipinski definition) is 4. The van der Waals surface area contributed by atoms with Crippen molar-refractivity contribution in [2.24, 2.45) is 0 Å². The van der Waals surface area contributed by atoms with Gasteiger partial charge in [-0.3, -0.25) is 0 Å². The zero-order chi connectivity index (χ0) is 8.48. The van der Waals surface area contributed by atoms with Gasteiger partial charge < -0.3 is 20.7 Å². The highest BCUT2D eigenvalue weighted by Crippen LogP contribution is 2.33. The molecule has 0 heterocycles. The Hall–Kier alpha value is -0.450. The predicted molar refractivity (Wildman–Crippen MR) is 43.6 cm³/mol. The maximum Gasteiger partial charge on any atom is 0.143 e. The summed E-state index contributed by atoms with van der Waals surface area (Å²) in [5, 5.41) is 9.16. The topological polar surface area (TPSA) is 53.2 Å². The molecule has 0 aliphatic heterocycles. The molecule has 1 fully saturated rings. The third-order valence-electron chi connectivity index (χ3n) is 2.50. The van der Waals surface area contributed by atoms with Crippen LogP contribution in [0.25, 0.3) is 0 Å². The molecular weight excluding hydrogens is 142 g/mol. The molecule has 1 rings (SSSR count). The van der Waals surface area contributed by atoms with E-state index in [2.05, 4.69) is 16.0 Å². The minimum atomic E-state index is -0.385. The van der Waals surface area contributed by atoms with E-state index in [0.29, 0.717) is 0 Å². The summed E-state index contributed by atoms with van der Waals surface area (Å²) in [6, 6.07) is 0.435. The maximum atomic E-state index is 10.7. The Morgan fingerprint density at radius 2 is 1.64 bits per heavy atom. The van der Waals surface area contributed by atoms with Crippen LogP contribution in [0, 0.1) is 0 Å². The molecule has 4 nitrogen and oxygen atoms in total. The van der Waals surface area contributed by atoms with E-state index in [1.54, 1.807) is 7.05 Å². The van der Waals surface area contributed by atoms with E-state index in [-0.39, 0.29) is 17.6 Å². The Balaban J connectivity index is 2.65. The van der Waals surface area contributed by atoms with E-state index in [9.17, 15) is 4.79 Å². The van der Waals surface area contributed by atoms with Gasteiger partial charge in [-0.25, -0.2) is 0 Å². The maximum absolute atomic E-state index is 10.7. The molecule has 0 radical (unpaired) electrons. The quantitative estimate of drug-likeness (QED) is 0.427. The van der Waals surface area contributed by atoms with Crippen LogP contribution in [-0.2, 0) is 4.79 Å². The third kappa shape index (κ3) is 0.982. The minimum Gasteiger partial charge on any atom is -0.313 e. The smallest absolute Gasteiger partial charge is 0.143 e. The van der Waals surface area contributed by atoms with Crippen LogP contribution >= 0.6 is 0 Å². The molecule has 0 aromatic heterocycles. The first-order valence-corrected chi connectivity index (χ1v) is 3.76. The number of carbonyl (C=O) groups excluding carboxylic acids is 1. The lowest BCUT2D eigenvalue weighted by atomic mass is 10.3. The van der Waals surface area contributed by atoms with Crippen molar-refractivity contribution in [1.29, 1.82) is 0 Å². The molecule has 1 aliphatic rings. The molecule has 0 aromatic carbocycles. The monoisotopic (exact) mass is 157 g/mol. The van der Waals surface area contributed by atoms with Crippen LogP contribution in [0.5, 0.6) is 0 Å². The lowest BCUT2D eigenvalue weighted by Crippen LogP contribution is -2.39. The van der Waals surface area contributed by atoms with Gasteiger partial charge in [0.15, 0.2) is 0 Å². The summed E-state index contributed by atoms with van der Waals surface area (Å²) < 4.78 is 0. The second-order valence-electron chi connectivity index (χ2n) is 2.83. The number of carbonyl (C=O) groups is 1. The molecule has 2 atom stereocenters. The van der Waals surface area contributed by atoms with Gasteiger partial charge in [0, 0.05) is 0 Å². The Kier molecular flexibility index (Phi) is 2.27. The fraction of sp³-hybridized carbons (Fsp3) is 0.857. The van der Waals surface area contributed by atoms with Gasteiger partial charge in [0.1, 0.15) is 11.8 Å². The van der Waals surface area contributed by atoms with Gasteiger partial charge in [-0.05, 0) is 21.1 Å². The van der Waals surface area contributed by atoms with Crippen LogP contribution in [0.2, 0.25) is 0 Å². The Morgan fingerprint density at radius 3 is 1.73 bits per heavy atom. The van der Waals surface area contributed by atoms with Crippen LogP contribution in [0.1, 0.15) is 0 Å². The van der Waals surface area contributed by atoms with Gasteiger partial charge in [0.25, 0.3) is 0 Å². The minimum absolute atomic E-state index is 0.218. The van der Waals surface area contributed by atoms with Crippen molar-refractivity contribution in [3.05, 3.63) is 0 Å². The van der Waals surface area contributed by atoms with Crippen molar-refractivity contribution < 1.29 is 4.79 Å². The van der Waals surface area contributed by atoms with Gasteiger partial charge in [-0.1, -0.05) is 0 Å². The van der Waals surface area contributed by atoms with E-state index in [0.717, 1.165) is 6.29 Å². The lowest BCUT2D eigenvalue weighted by Gasteiger charge is -2.06. The Morgan fingerprint density at radius 1 is 1.18 bits per heavy atom. The van der Waals surface area contributed by atoms with Crippen molar-refractivity contribution in [2.45, 2.75) is 17.6 Å². The van der Waals surface area contributed by atoms with Crippen LogP contribution in [0.3, 0.4) is 0 Å². The standard InChI is InChI=1S/C7H15N3O/c1-8-5-6(9-2)7(5,4-11)10-3/h4-6,8-10H,1-3H3. The van der Waals surface area contributed by atoms with Crippen LogP contribution in [0.4, 0.5) is 0 Å². The Labute approximate surface area is 66.7 Å². The molecule has 2 unspecified atom stereocenters. The summed E-state index contributed by atoms with van der Waals surface area (Å²) in [5.74, 6) is 0. The summed E-state index contributed by atoms with van der Waals surface area (Å²) >= 11 is 0. The van der Waals surface area contributed by atoms with Crippen molar-refractivity contribution in [3.63, 3.8) is 0 Å². The fourth-order valence-electron chi connectivity index (χ4n) is 1.73. The molecule has 0 aromatic rings. The number of nitrogens with one attached hydrogen (secondary N) is 3. The van der Waals surface area contributed by atoms with E-state index in [1.165, 1.54) is 0 Å². The molecule has 4 heteroatoms. The van der Waals surface area contributed by atoms with Crippen LogP contribution < -0.4 is 16.0 Å². The summed E-state index contributed by atoms with van der Waals surface area (Å²) in [7, 11) is 5.52. The highest BCUT2D eigenvalue weighted by molar-refractivity contribution is 5.75. The molecular formula is C7H15N3O. The fourth-order valence-corrected chi connectivity index (χ4v) is 1.73. The van der Waals surface area contributed by atoms with Crippen molar-refractivity contribution in [1.82, 2.24) is 16.0 Å². The number of rotatable bonds is 4. The highest BCUT2D eigenvalue weighted by atomic mass is 16.1. The van der Waals surface area contributed by atoms with E-state index < -0.39 is 0 Å². The lowest BCUT2D eigenvalue weighted by molar-refractivity contribution is -0.110. The van der Waals surface area contributed by atoms with E-state index >= 15 is 0 Å². The van der Waals surface area contributed by atoms with Gasteiger partial charge >= 0.3 is 0 Å². The average molecular weight is 157 g/mol. The number of aldehydes is 1. The molecule has 3 N–H and O–H groups in total. The first-order chi connectivity index (χ1) is 5.26. The van der Waals surface area contributed by atoms with Gasteiger partial charge in [-0.15, -0.1) is 0 Å². The molecule has 0 bridgehead atoms. The predicted octanol–water partition coefficient (Wildman–Crippen LogP) is -1.67. The molecule has 0 amide bonds. The molecule has 1 saturated carbocycles. The largest absolute Gasteiger partial charge is 0.313 e. The SMILES string of the molecule is CNC1C(NC)C1(C=O)NC. The molecule has 11 heavy (non-hydrogen) atoms. The van der Waals surface area contributed by atoms with Crippen molar-refractivity contribution >= 4 is 6.29 Å². The third-order valence-corrected chi connectivity index (χ3v) is 2.50. The highest BCUT2D eigenvalue weighted by Gasteiger charge is 2.63. The molecule has 64 valence electrons. The summed E-state index contributed by atoms with van der Waals surface area (Å²) in [4.78, 5) is 10.7. The summed E-state index contributed by atoms with van der Waals surface area (Å²) in [6.07, 6.45) is 0.968. The van der Waals surface area contributed by atoms with Crippen LogP contribution in [0.15, 0.2) is 0 Å². The first-order valence-electron chi connectivity index (χ1n) is 3.76. The van der Waals surface area contributed by atoms with Crippen molar-refractivity contribution in [3.8, 4) is 0 Å². The second kappa shape index (κ2) is 2.89. The van der Waals surface area contributed by atoms with Gasteiger partial charge in [-0.2, -0.15) is 0 Å². The summed E-state index contributed by atoms with van der Waals surface area (Å²) in [6.45, 7) is 0. The van der Waals surface area contributed by atoms with Crippen LogP contribution in [-0.4, -0.2) is 45.1 Å². The number of hydrogen-bond donors (Lipinski definition) is 3. The zero-order valence-electron chi connectivity index (χ0n) is 7.14. The summed E-state index contributed by atoms with van der Waals surface area (Å²) in [5.41, 5.74) is -0.385. The van der Waals surface area contributed by atoms with Gasteiger partial charge in [0.2, 0.25) is 0 Å². The van der Waals surface area contributed by atoms with E-state index in [1.807, 2.05) is 14.1 Å². The second-order valence-corrected chi connectivity index (χ2v) is 2.83. The molecule has 0 spiro atoms. The first kappa shape index (κ1) is 8.64. The van der Waals surface area contributed by atoms with E-state index in [4.69, 9.17) is 0 Å².